The summed E-state index contributed by atoms with van der Waals surface area (Å²) in [5.74, 6) is -0.298. The van der Waals surface area contributed by atoms with E-state index in [1.165, 1.54) is 0 Å². The molecule has 0 saturated carbocycles. The highest BCUT2D eigenvalue weighted by atomic mass is 79.9. The van der Waals surface area contributed by atoms with Crippen molar-refractivity contribution in [3.8, 4) is 44.5 Å². The van der Waals surface area contributed by atoms with E-state index in [1.54, 1.807) is 19.6 Å². The molecule has 12 nitrogen and oxygen atoms in total. The van der Waals surface area contributed by atoms with E-state index in [4.69, 9.17) is 9.97 Å². The Balaban J connectivity index is 1.50. The number of rotatable bonds is 16. The predicted molar refractivity (Wildman–Crippen MR) is 372 cm³/mol. The number of H-pyrrole nitrogens is 2. The number of halogens is 8. The molecule has 0 fully saturated rings. The van der Waals surface area contributed by atoms with Crippen LogP contribution in [0.3, 0.4) is 0 Å². The molecule has 2 aliphatic heterocycles. The topological polar surface area (TPSA) is 139 Å². The van der Waals surface area contributed by atoms with Gasteiger partial charge in [-0.15, -0.1) is 0 Å². The van der Waals surface area contributed by atoms with Gasteiger partial charge in [-0.1, -0.05) is 48.5 Å². The molecule has 0 saturated heterocycles. The summed E-state index contributed by atoms with van der Waals surface area (Å²) < 4.78 is 5.26. The number of amides is 4. The Hall–Kier alpha value is -4.80. The van der Waals surface area contributed by atoms with Crippen molar-refractivity contribution >= 4 is 191 Å². The Labute approximate surface area is 556 Å². The fourth-order valence-corrected chi connectivity index (χ4v) is 14.5. The number of benzene rings is 4. The molecule has 2 aliphatic rings. The summed E-state index contributed by atoms with van der Waals surface area (Å²) in [5, 5.41) is 0. The van der Waals surface area contributed by atoms with Crippen LogP contribution in [0.25, 0.3) is 84.5 Å². The zero-order valence-corrected chi connectivity index (χ0v) is 59.9. The van der Waals surface area contributed by atoms with Gasteiger partial charge in [-0.25, -0.2) is 9.97 Å². The lowest BCUT2D eigenvalue weighted by atomic mass is 10.0. The molecule has 5 heterocycles. The van der Waals surface area contributed by atoms with Gasteiger partial charge in [0.2, 0.25) is 0 Å². The summed E-state index contributed by atoms with van der Waals surface area (Å²) in [5.41, 5.74) is 12.8. The van der Waals surface area contributed by atoms with Crippen molar-refractivity contribution in [1.82, 2.24) is 39.5 Å². The van der Waals surface area contributed by atoms with Crippen molar-refractivity contribution in [1.29, 1.82) is 0 Å². The van der Waals surface area contributed by atoms with Crippen LogP contribution in [-0.2, 0) is 0 Å². The van der Waals surface area contributed by atoms with Gasteiger partial charge in [0.05, 0.1) is 80.7 Å². The van der Waals surface area contributed by atoms with Crippen LogP contribution in [0, 0.1) is 0 Å². The monoisotopic (exact) mass is 1630 g/mol. The summed E-state index contributed by atoms with van der Waals surface area (Å²) in [4.78, 5) is 81.5. The van der Waals surface area contributed by atoms with E-state index >= 15 is 0 Å². The molecular weight excluding hydrogens is 1580 g/mol. The number of fused-ring (bicyclic) bond motifs is 8. The Morgan fingerprint density at radius 3 is 0.631 bits per heavy atom. The van der Waals surface area contributed by atoms with Gasteiger partial charge in [0.15, 0.2) is 0 Å². The van der Waals surface area contributed by atoms with Gasteiger partial charge in [-0.2, -0.15) is 0 Å². The number of aromatic amines is 2. The Kier molecular flexibility index (Phi) is 20.5. The molecule has 2 N–H and O–H groups in total. The van der Waals surface area contributed by atoms with E-state index in [0.29, 0.717) is 178 Å². The van der Waals surface area contributed by atoms with Gasteiger partial charge in [0, 0.05) is 96.9 Å². The minimum absolute atomic E-state index is 0.0745. The van der Waals surface area contributed by atoms with Crippen LogP contribution in [0.15, 0.2) is 115 Å². The average molecular weight is 1640 g/mol. The van der Waals surface area contributed by atoms with Crippen LogP contribution in [-0.4, -0.2) is 116 Å². The van der Waals surface area contributed by atoms with E-state index in [2.05, 4.69) is 137 Å². The lowest BCUT2D eigenvalue weighted by Crippen LogP contribution is -2.30. The number of nitrogens with one attached hydrogen (secondary N) is 2. The van der Waals surface area contributed by atoms with Gasteiger partial charge >= 0.3 is 0 Å². The van der Waals surface area contributed by atoms with E-state index < -0.39 is 0 Å². The SMILES string of the molecule is CCN(CC)C(=O)c1ccc(-c2c3nc(c(-c4ccc(C(=O)N(CC)CC)cc4)c4[nH]c(c(Br)c4Br)c(-c4ccc(C(=O)N(CC)CC)cc4)c4nc(c(-c5ccc(C(=O)N(CC)CC)cc5)c5[nH]c2c(Br)c5Br)C(Br)=C4Br)C(Br)=C3Br)cc1. The summed E-state index contributed by atoms with van der Waals surface area (Å²) in [6.45, 7) is 20.3. The minimum Gasteiger partial charge on any atom is -0.352 e. The number of hydrogen-bond donors (Lipinski definition) is 2. The molecule has 0 spiro atoms. The third kappa shape index (κ3) is 11.8. The van der Waals surface area contributed by atoms with Crippen molar-refractivity contribution in [2.24, 2.45) is 0 Å². The lowest BCUT2D eigenvalue weighted by Gasteiger charge is -2.18. The minimum atomic E-state index is -0.0745. The van der Waals surface area contributed by atoms with Gasteiger partial charge in [0.25, 0.3) is 23.6 Å². The van der Waals surface area contributed by atoms with Crippen molar-refractivity contribution < 1.29 is 19.2 Å². The van der Waals surface area contributed by atoms with Crippen LogP contribution in [0.5, 0.6) is 0 Å². The molecule has 434 valence electrons. The van der Waals surface area contributed by atoms with E-state index in [9.17, 15) is 19.2 Å². The maximum atomic E-state index is 13.8. The molecule has 0 aliphatic carbocycles. The highest BCUT2D eigenvalue weighted by molar-refractivity contribution is 9.18. The number of carbonyl (C=O) groups is 4. The third-order valence-electron chi connectivity index (χ3n) is 15.3. The molecule has 0 radical (unpaired) electrons. The van der Waals surface area contributed by atoms with E-state index in [-0.39, 0.29) is 23.6 Å². The highest BCUT2D eigenvalue weighted by Gasteiger charge is 2.32. The second-order valence-electron chi connectivity index (χ2n) is 19.6. The Morgan fingerprint density at radius 1 is 0.310 bits per heavy atom. The molecule has 9 rings (SSSR count). The van der Waals surface area contributed by atoms with Crippen LogP contribution < -0.4 is 0 Å². The molecule has 8 bridgehead atoms. The third-order valence-corrected chi connectivity index (χ3v) is 23.6. The number of hydrogen-bond acceptors (Lipinski definition) is 6. The molecule has 20 heteroatoms. The summed E-state index contributed by atoms with van der Waals surface area (Å²) in [6.07, 6.45) is 0. The number of aromatic nitrogens is 4. The molecule has 4 aromatic carbocycles. The quantitative estimate of drug-likeness (QED) is 0.0988. The molecule has 7 aromatic rings. The molecule has 0 atom stereocenters. The smallest absolute Gasteiger partial charge is 0.253 e. The van der Waals surface area contributed by atoms with Gasteiger partial charge in [-0.05, 0) is 254 Å². The number of carbonyl (C=O) groups excluding carboxylic acids is 4. The fourth-order valence-electron chi connectivity index (χ4n) is 10.6. The first-order valence-electron chi connectivity index (χ1n) is 27.6. The summed E-state index contributed by atoms with van der Waals surface area (Å²) in [7, 11) is 0. The highest BCUT2D eigenvalue weighted by Crippen LogP contribution is 2.53. The second kappa shape index (κ2) is 27.1. The first-order chi connectivity index (χ1) is 40.3. The van der Waals surface area contributed by atoms with Crippen molar-refractivity contribution in [3.05, 3.63) is 160 Å². The zero-order chi connectivity index (χ0) is 60.6. The second-order valence-corrected chi connectivity index (χ2v) is 25.9. The van der Waals surface area contributed by atoms with Crippen molar-refractivity contribution in [3.63, 3.8) is 0 Å². The van der Waals surface area contributed by atoms with Crippen LogP contribution in [0.1, 0.15) is 120 Å². The lowest BCUT2D eigenvalue weighted by molar-refractivity contribution is 0.0765. The van der Waals surface area contributed by atoms with Gasteiger partial charge in [0.1, 0.15) is 0 Å². The number of nitrogens with zero attached hydrogens (tertiary/aromatic N) is 6. The zero-order valence-electron chi connectivity index (χ0n) is 47.2. The standard InChI is InChI=1S/C64H58Br8N8O4/c1-9-77(10-2)61(81)37-25-17-33(18-26-37)41-53-45(65)47(67)55(73-53)42(34-19-27-38(28-20-34)62(82)78(11-3)12-4)57-49(69)51(71)59(75-57)44(36-23-31-40(32-24-36)64(84)80(15-7)16-8)60-52(72)50(70)58(76-60)43(56-48(68)46(66)54(41)74-56)35-21-29-39(30-22-35)63(83)79(13-5)14-6/h17-32,73,76H,9-16H2,1-8H3. The largest absolute Gasteiger partial charge is 0.352 e. The maximum Gasteiger partial charge on any atom is 0.253 e. The fraction of sp³-hybridized carbons (Fsp3) is 0.250. The van der Waals surface area contributed by atoms with Gasteiger partial charge in [-0.3, -0.25) is 19.2 Å². The molecule has 3 aromatic heterocycles. The average Bonchev–Trinajstić information content (AvgIpc) is 1.86. The predicted octanol–water partition coefficient (Wildman–Crippen LogP) is 19.2. The van der Waals surface area contributed by atoms with E-state index in [1.807, 2.05) is 152 Å². The maximum absolute atomic E-state index is 13.8. The Morgan fingerprint density at radius 2 is 0.476 bits per heavy atom. The Bertz CT molecular complexity index is 3500. The van der Waals surface area contributed by atoms with Crippen molar-refractivity contribution in [2.45, 2.75) is 55.4 Å². The van der Waals surface area contributed by atoms with E-state index in [0.717, 1.165) is 22.3 Å². The molecule has 84 heavy (non-hydrogen) atoms. The van der Waals surface area contributed by atoms with Crippen molar-refractivity contribution in [2.75, 3.05) is 52.4 Å². The first-order valence-corrected chi connectivity index (χ1v) is 33.9. The normalized spacial score (nSPS) is 12.3. The first kappa shape index (κ1) is 63.7. The molecule has 4 amide bonds. The summed E-state index contributed by atoms with van der Waals surface area (Å²) in [6, 6.07) is 30.3. The van der Waals surface area contributed by atoms with Gasteiger partial charge < -0.3 is 29.6 Å². The van der Waals surface area contributed by atoms with Crippen LogP contribution in [0.2, 0.25) is 0 Å². The summed E-state index contributed by atoms with van der Waals surface area (Å²) >= 11 is 32.5. The van der Waals surface area contributed by atoms with Crippen LogP contribution >= 0.6 is 127 Å². The molecule has 0 unspecified atom stereocenters. The molecular formula is C64H58Br8N8O4. The van der Waals surface area contributed by atoms with Crippen LogP contribution in [0.4, 0.5) is 0 Å².